The molecule has 1 N–H and O–H groups in total. The van der Waals surface area contributed by atoms with Crippen LogP contribution in [0.2, 0.25) is 0 Å². The fraction of sp³-hybridized carbons (Fsp3) is 0.300. The SMILES string of the molecule is COc1ccc2c(C)c(CC(=O)NCCc3ccsc3)c(=O)oc2c1OC. The minimum atomic E-state index is -0.542. The highest BCUT2D eigenvalue weighted by molar-refractivity contribution is 7.07. The van der Waals surface area contributed by atoms with E-state index in [1.165, 1.54) is 19.8 Å². The summed E-state index contributed by atoms with van der Waals surface area (Å²) in [5, 5.41) is 7.62. The molecule has 0 aliphatic rings. The fourth-order valence-corrected chi connectivity index (χ4v) is 3.68. The van der Waals surface area contributed by atoms with E-state index in [0.717, 1.165) is 6.42 Å². The number of hydrogen-bond donors (Lipinski definition) is 1. The van der Waals surface area contributed by atoms with Gasteiger partial charge in [-0.2, -0.15) is 11.3 Å². The number of ether oxygens (including phenoxy) is 2. The van der Waals surface area contributed by atoms with Gasteiger partial charge in [0.25, 0.3) is 0 Å². The van der Waals surface area contributed by atoms with E-state index < -0.39 is 5.63 Å². The number of nitrogens with one attached hydrogen (secondary N) is 1. The first kappa shape index (κ1) is 19.0. The Labute approximate surface area is 160 Å². The number of fused-ring (bicyclic) bond motifs is 1. The van der Waals surface area contributed by atoms with Crippen LogP contribution in [-0.2, 0) is 17.6 Å². The van der Waals surface area contributed by atoms with Crippen molar-refractivity contribution >= 4 is 28.2 Å². The van der Waals surface area contributed by atoms with Gasteiger partial charge in [-0.25, -0.2) is 4.79 Å². The third kappa shape index (κ3) is 3.98. The fourth-order valence-electron chi connectivity index (χ4n) is 2.97. The summed E-state index contributed by atoms with van der Waals surface area (Å²) in [7, 11) is 3.00. The maximum absolute atomic E-state index is 12.5. The molecule has 0 atom stereocenters. The van der Waals surface area contributed by atoms with E-state index in [1.54, 1.807) is 30.4 Å². The van der Waals surface area contributed by atoms with E-state index in [-0.39, 0.29) is 12.3 Å². The number of carbonyl (C=O) groups is 1. The van der Waals surface area contributed by atoms with Crippen molar-refractivity contribution in [2.45, 2.75) is 19.8 Å². The van der Waals surface area contributed by atoms with Gasteiger partial charge in [-0.05, 0) is 53.4 Å². The molecule has 142 valence electrons. The summed E-state index contributed by atoms with van der Waals surface area (Å²) >= 11 is 1.63. The second kappa shape index (κ2) is 8.26. The Kier molecular flexibility index (Phi) is 5.81. The van der Waals surface area contributed by atoms with Gasteiger partial charge in [-0.1, -0.05) is 0 Å². The summed E-state index contributed by atoms with van der Waals surface area (Å²) < 4.78 is 16.0. The van der Waals surface area contributed by atoms with Crippen molar-refractivity contribution in [1.82, 2.24) is 5.32 Å². The van der Waals surface area contributed by atoms with E-state index in [1.807, 2.05) is 11.4 Å². The number of thiophene rings is 1. The van der Waals surface area contributed by atoms with Crippen LogP contribution in [0.4, 0.5) is 0 Å². The first-order valence-corrected chi connectivity index (χ1v) is 9.44. The van der Waals surface area contributed by atoms with Crippen molar-refractivity contribution < 1.29 is 18.7 Å². The maximum atomic E-state index is 12.5. The molecule has 3 rings (SSSR count). The molecule has 2 aromatic heterocycles. The Balaban J connectivity index is 1.82. The predicted molar refractivity (Wildman–Crippen MR) is 105 cm³/mol. The van der Waals surface area contributed by atoms with Gasteiger partial charge in [0.2, 0.25) is 11.7 Å². The number of benzene rings is 1. The van der Waals surface area contributed by atoms with E-state index in [4.69, 9.17) is 13.9 Å². The van der Waals surface area contributed by atoms with Gasteiger partial charge < -0.3 is 19.2 Å². The average molecular weight is 387 g/mol. The first-order chi connectivity index (χ1) is 13.0. The van der Waals surface area contributed by atoms with Crippen LogP contribution >= 0.6 is 11.3 Å². The van der Waals surface area contributed by atoms with Crippen LogP contribution in [0, 0.1) is 6.92 Å². The van der Waals surface area contributed by atoms with E-state index in [2.05, 4.69) is 10.7 Å². The molecule has 0 aliphatic heterocycles. The molecule has 3 aromatic rings. The molecule has 1 amide bonds. The lowest BCUT2D eigenvalue weighted by molar-refractivity contribution is -0.120. The Morgan fingerprint density at radius 2 is 2.04 bits per heavy atom. The first-order valence-electron chi connectivity index (χ1n) is 8.50. The van der Waals surface area contributed by atoms with Gasteiger partial charge in [0.05, 0.1) is 26.2 Å². The highest BCUT2D eigenvalue weighted by atomic mass is 32.1. The monoisotopic (exact) mass is 387 g/mol. The lowest BCUT2D eigenvalue weighted by Gasteiger charge is -2.12. The maximum Gasteiger partial charge on any atom is 0.340 e. The molecule has 0 saturated carbocycles. The molecule has 0 radical (unpaired) electrons. The molecular formula is C20H21NO5S. The van der Waals surface area contributed by atoms with Gasteiger partial charge in [-0.15, -0.1) is 0 Å². The van der Waals surface area contributed by atoms with Gasteiger partial charge >= 0.3 is 5.63 Å². The number of methoxy groups -OCH3 is 2. The molecule has 0 unspecified atom stereocenters. The summed E-state index contributed by atoms with van der Waals surface area (Å²) in [6.07, 6.45) is 0.736. The number of carbonyl (C=O) groups excluding carboxylic acids is 1. The molecule has 6 nitrogen and oxygen atoms in total. The van der Waals surface area contributed by atoms with Crippen LogP contribution < -0.4 is 20.4 Å². The molecule has 0 aliphatic carbocycles. The minimum Gasteiger partial charge on any atom is -0.493 e. The lowest BCUT2D eigenvalue weighted by atomic mass is 10.0. The Morgan fingerprint density at radius 3 is 2.70 bits per heavy atom. The molecule has 2 heterocycles. The molecular weight excluding hydrogens is 366 g/mol. The zero-order valence-electron chi connectivity index (χ0n) is 15.5. The van der Waals surface area contributed by atoms with Crippen LogP contribution in [0.1, 0.15) is 16.7 Å². The van der Waals surface area contributed by atoms with Gasteiger partial charge in [0, 0.05) is 11.9 Å². The Morgan fingerprint density at radius 1 is 1.22 bits per heavy atom. The number of rotatable bonds is 7. The normalized spacial score (nSPS) is 10.8. The van der Waals surface area contributed by atoms with Crippen molar-refractivity contribution in [2.24, 2.45) is 0 Å². The highest BCUT2D eigenvalue weighted by Gasteiger charge is 2.19. The van der Waals surface area contributed by atoms with Crippen LogP contribution in [0.15, 0.2) is 38.2 Å². The summed E-state index contributed by atoms with van der Waals surface area (Å²) in [5.74, 6) is 0.633. The van der Waals surface area contributed by atoms with Crippen molar-refractivity contribution in [1.29, 1.82) is 0 Å². The molecule has 0 bridgehead atoms. The predicted octanol–water partition coefficient (Wildman–Crippen LogP) is 3.08. The van der Waals surface area contributed by atoms with E-state index in [0.29, 0.717) is 40.1 Å². The molecule has 7 heteroatoms. The average Bonchev–Trinajstić information content (AvgIpc) is 3.17. The third-order valence-corrected chi connectivity index (χ3v) is 5.18. The van der Waals surface area contributed by atoms with Crippen molar-refractivity contribution in [3.8, 4) is 11.5 Å². The molecule has 0 spiro atoms. The van der Waals surface area contributed by atoms with Gasteiger partial charge in [-0.3, -0.25) is 4.79 Å². The molecule has 27 heavy (non-hydrogen) atoms. The standard InChI is InChI=1S/C20H21NO5S/c1-12-14-4-5-16(24-2)19(25-3)18(14)26-20(23)15(12)10-17(22)21-8-6-13-7-9-27-11-13/h4-5,7,9,11H,6,8,10H2,1-3H3,(H,21,22). The Bertz CT molecular complexity index is 1010. The second-order valence-electron chi connectivity index (χ2n) is 6.08. The third-order valence-electron chi connectivity index (χ3n) is 4.45. The van der Waals surface area contributed by atoms with Crippen LogP contribution in [0.5, 0.6) is 11.5 Å². The Hall–Kier alpha value is -2.80. The molecule has 1 aromatic carbocycles. The second-order valence-corrected chi connectivity index (χ2v) is 6.86. The lowest BCUT2D eigenvalue weighted by Crippen LogP contribution is -2.29. The van der Waals surface area contributed by atoms with Gasteiger partial charge in [0.15, 0.2) is 11.3 Å². The zero-order chi connectivity index (χ0) is 19.4. The van der Waals surface area contributed by atoms with Crippen LogP contribution in [-0.4, -0.2) is 26.7 Å². The summed E-state index contributed by atoms with van der Waals surface area (Å²) in [6, 6.07) is 5.58. The molecule has 0 fully saturated rings. The number of hydrogen-bond acceptors (Lipinski definition) is 6. The smallest absolute Gasteiger partial charge is 0.340 e. The topological polar surface area (TPSA) is 77.8 Å². The van der Waals surface area contributed by atoms with E-state index >= 15 is 0 Å². The number of aryl methyl sites for hydroxylation is 1. The summed E-state index contributed by atoms with van der Waals surface area (Å²) in [6.45, 7) is 2.33. The van der Waals surface area contributed by atoms with Crippen LogP contribution in [0.25, 0.3) is 11.0 Å². The van der Waals surface area contributed by atoms with Crippen molar-refractivity contribution in [3.63, 3.8) is 0 Å². The zero-order valence-corrected chi connectivity index (χ0v) is 16.3. The van der Waals surface area contributed by atoms with Gasteiger partial charge in [0.1, 0.15) is 0 Å². The summed E-state index contributed by atoms with van der Waals surface area (Å²) in [4.78, 5) is 24.7. The summed E-state index contributed by atoms with van der Waals surface area (Å²) in [5.41, 5.74) is 2.01. The van der Waals surface area contributed by atoms with Crippen molar-refractivity contribution in [3.05, 3.63) is 56.1 Å². The van der Waals surface area contributed by atoms with E-state index in [9.17, 15) is 9.59 Å². The van der Waals surface area contributed by atoms with Crippen molar-refractivity contribution in [2.75, 3.05) is 20.8 Å². The number of amides is 1. The van der Waals surface area contributed by atoms with Crippen LogP contribution in [0.3, 0.4) is 0 Å². The minimum absolute atomic E-state index is 0.0257. The quantitative estimate of drug-likeness (QED) is 0.631. The molecule has 0 saturated heterocycles. The largest absolute Gasteiger partial charge is 0.493 e. The highest BCUT2D eigenvalue weighted by Crippen LogP contribution is 2.36.